The molecule has 1 amide bonds. The normalized spacial score (nSPS) is 18.4. The average Bonchev–Trinajstić information content (AvgIpc) is 2.97. The number of piperidine rings is 1. The number of nitrogens with zero attached hydrogens (tertiary/aromatic N) is 1. The van der Waals surface area contributed by atoms with Crippen LogP contribution in [0.5, 0.6) is 0 Å². The van der Waals surface area contributed by atoms with E-state index in [1.54, 1.807) is 12.1 Å². The molecule has 0 saturated carbocycles. The number of halogens is 1. The quantitative estimate of drug-likeness (QED) is 0.916. The minimum Gasteiger partial charge on any atom is -0.306 e. The maximum absolute atomic E-state index is 13.2. The minimum absolute atomic E-state index is 0.0464. The Morgan fingerprint density at radius 2 is 2.33 bits per heavy atom. The van der Waals surface area contributed by atoms with Crippen molar-refractivity contribution < 1.29 is 9.18 Å². The number of amides is 1. The topological polar surface area (TPSA) is 54.0 Å². The van der Waals surface area contributed by atoms with E-state index in [-0.39, 0.29) is 17.8 Å². The summed E-state index contributed by atoms with van der Waals surface area (Å²) in [5, 5.41) is 8.39. The Labute approximate surface area is 126 Å². The van der Waals surface area contributed by atoms with Crippen LogP contribution in [0.4, 0.5) is 9.52 Å². The van der Waals surface area contributed by atoms with Crippen LogP contribution in [-0.2, 0) is 4.79 Å². The van der Waals surface area contributed by atoms with Gasteiger partial charge in [0.2, 0.25) is 5.91 Å². The van der Waals surface area contributed by atoms with E-state index >= 15 is 0 Å². The van der Waals surface area contributed by atoms with E-state index in [1.165, 1.54) is 23.5 Å². The van der Waals surface area contributed by atoms with Crippen LogP contribution in [0.15, 0.2) is 29.6 Å². The minimum atomic E-state index is -0.294. The van der Waals surface area contributed by atoms with Crippen molar-refractivity contribution in [2.45, 2.75) is 25.3 Å². The Balaban J connectivity index is 1.69. The van der Waals surface area contributed by atoms with Crippen LogP contribution in [0, 0.1) is 5.82 Å². The molecular formula is C15H16FN3OS. The van der Waals surface area contributed by atoms with Crippen LogP contribution in [0.25, 0.3) is 11.3 Å². The predicted molar refractivity (Wildman–Crippen MR) is 81.8 cm³/mol. The smallest absolute Gasteiger partial charge is 0.243 e. The van der Waals surface area contributed by atoms with Crippen molar-refractivity contribution in [3.8, 4) is 11.3 Å². The molecule has 1 saturated heterocycles. The summed E-state index contributed by atoms with van der Waals surface area (Å²) >= 11 is 1.35. The number of carbonyl (C=O) groups excluding carboxylic acids is 1. The highest BCUT2D eigenvalue weighted by atomic mass is 32.1. The van der Waals surface area contributed by atoms with E-state index in [1.807, 2.05) is 5.38 Å². The number of anilines is 1. The van der Waals surface area contributed by atoms with Gasteiger partial charge < -0.3 is 10.6 Å². The molecule has 1 aliphatic rings. The molecule has 2 heterocycles. The van der Waals surface area contributed by atoms with Crippen molar-refractivity contribution in [3.63, 3.8) is 0 Å². The molecule has 110 valence electrons. The molecule has 2 aromatic rings. The van der Waals surface area contributed by atoms with Gasteiger partial charge in [0.15, 0.2) is 5.13 Å². The summed E-state index contributed by atoms with van der Waals surface area (Å²) in [4.78, 5) is 16.4. The fraction of sp³-hybridized carbons (Fsp3) is 0.333. The van der Waals surface area contributed by atoms with Crippen LogP contribution < -0.4 is 10.6 Å². The van der Waals surface area contributed by atoms with Gasteiger partial charge in [-0.1, -0.05) is 18.6 Å². The first-order valence-electron chi connectivity index (χ1n) is 6.98. The van der Waals surface area contributed by atoms with Crippen molar-refractivity contribution in [1.29, 1.82) is 0 Å². The van der Waals surface area contributed by atoms with E-state index in [2.05, 4.69) is 15.6 Å². The van der Waals surface area contributed by atoms with Gasteiger partial charge in [0.05, 0.1) is 11.7 Å². The molecule has 4 nitrogen and oxygen atoms in total. The first-order chi connectivity index (χ1) is 10.2. The zero-order valence-corrected chi connectivity index (χ0v) is 12.3. The molecule has 1 aromatic heterocycles. The van der Waals surface area contributed by atoms with Crippen molar-refractivity contribution >= 4 is 22.4 Å². The maximum atomic E-state index is 13.2. The summed E-state index contributed by atoms with van der Waals surface area (Å²) in [7, 11) is 0. The molecule has 6 heteroatoms. The highest BCUT2D eigenvalue weighted by molar-refractivity contribution is 7.14. The van der Waals surface area contributed by atoms with Crippen LogP contribution >= 0.6 is 11.3 Å². The summed E-state index contributed by atoms with van der Waals surface area (Å²) < 4.78 is 13.2. The van der Waals surface area contributed by atoms with E-state index in [0.29, 0.717) is 16.4 Å². The standard InChI is InChI=1S/C15H16FN3OS/c16-11-5-3-4-10(8-11)13-9-21-15(18-13)19-14(20)12-6-1-2-7-17-12/h3-5,8-9,12,17H,1-2,6-7H2,(H,18,19,20). The fourth-order valence-corrected chi connectivity index (χ4v) is 3.10. The second-order valence-electron chi connectivity index (χ2n) is 5.04. The molecule has 2 N–H and O–H groups in total. The number of carbonyl (C=O) groups is 1. The fourth-order valence-electron chi connectivity index (χ4n) is 2.38. The molecule has 0 spiro atoms. The highest BCUT2D eigenvalue weighted by Crippen LogP contribution is 2.25. The average molecular weight is 305 g/mol. The van der Waals surface area contributed by atoms with Gasteiger partial charge in [-0.2, -0.15) is 0 Å². The first kappa shape index (κ1) is 14.2. The second-order valence-corrected chi connectivity index (χ2v) is 5.90. The lowest BCUT2D eigenvalue weighted by Crippen LogP contribution is -2.43. The monoisotopic (exact) mass is 305 g/mol. The van der Waals surface area contributed by atoms with Gasteiger partial charge in [-0.05, 0) is 31.5 Å². The van der Waals surface area contributed by atoms with Gasteiger partial charge in [-0.15, -0.1) is 11.3 Å². The van der Waals surface area contributed by atoms with E-state index in [4.69, 9.17) is 0 Å². The molecule has 0 bridgehead atoms. The Morgan fingerprint density at radius 1 is 1.43 bits per heavy atom. The summed E-state index contributed by atoms with van der Waals surface area (Å²) in [6.45, 7) is 0.879. The molecule has 0 radical (unpaired) electrons. The van der Waals surface area contributed by atoms with Gasteiger partial charge in [-0.25, -0.2) is 9.37 Å². The Kier molecular flexibility index (Phi) is 4.26. The summed E-state index contributed by atoms with van der Waals surface area (Å²) in [6.07, 6.45) is 3.04. The number of rotatable bonds is 3. The van der Waals surface area contributed by atoms with E-state index in [9.17, 15) is 9.18 Å². The largest absolute Gasteiger partial charge is 0.306 e. The van der Waals surface area contributed by atoms with Crippen molar-refractivity contribution in [1.82, 2.24) is 10.3 Å². The Hall–Kier alpha value is -1.79. The van der Waals surface area contributed by atoms with Gasteiger partial charge in [0.1, 0.15) is 5.82 Å². The lowest BCUT2D eigenvalue weighted by Gasteiger charge is -2.21. The summed E-state index contributed by atoms with van der Waals surface area (Å²) in [5.41, 5.74) is 1.38. The molecule has 3 rings (SSSR count). The van der Waals surface area contributed by atoms with Crippen LogP contribution in [0.3, 0.4) is 0 Å². The molecular weight excluding hydrogens is 289 g/mol. The number of nitrogens with one attached hydrogen (secondary N) is 2. The van der Waals surface area contributed by atoms with E-state index in [0.717, 1.165) is 25.8 Å². The highest BCUT2D eigenvalue weighted by Gasteiger charge is 2.21. The van der Waals surface area contributed by atoms with Crippen molar-refractivity contribution in [2.24, 2.45) is 0 Å². The maximum Gasteiger partial charge on any atom is 0.243 e. The van der Waals surface area contributed by atoms with E-state index < -0.39 is 0 Å². The molecule has 0 aliphatic carbocycles. The van der Waals surface area contributed by atoms with Crippen LogP contribution in [0.2, 0.25) is 0 Å². The lowest BCUT2D eigenvalue weighted by atomic mass is 10.0. The lowest BCUT2D eigenvalue weighted by molar-refractivity contribution is -0.118. The Morgan fingerprint density at radius 3 is 3.10 bits per heavy atom. The zero-order chi connectivity index (χ0) is 14.7. The number of thiazole rings is 1. The van der Waals surface area contributed by atoms with Gasteiger partial charge in [0, 0.05) is 10.9 Å². The van der Waals surface area contributed by atoms with Crippen molar-refractivity contribution in [2.75, 3.05) is 11.9 Å². The number of hydrogen-bond acceptors (Lipinski definition) is 4. The summed E-state index contributed by atoms with van der Waals surface area (Å²) in [6, 6.07) is 6.14. The molecule has 1 aliphatic heterocycles. The molecule has 1 unspecified atom stereocenters. The van der Waals surface area contributed by atoms with Gasteiger partial charge >= 0.3 is 0 Å². The third kappa shape index (κ3) is 3.46. The summed E-state index contributed by atoms with van der Waals surface area (Å²) in [5.74, 6) is -0.340. The molecule has 1 aromatic carbocycles. The zero-order valence-electron chi connectivity index (χ0n) is 11.4. The predicted octanol–water partition coefficient (Wildman–Crippen LogP) is 3.03. The number of aromatic nitrogens is 1. The third-order valence-corrected chi connectivity index (χ3v) is 4.24. The van der Waals surface area contributed by atoms with Crippen LogP contribution in [-0.4, -0.2) is 23.5 Å². The Bertz CT molecular complexity index is 637. The van der Waals surface area contributed by atoms with Gasteiger partial charge in [-0.3, -0.25) is 4.79 Å². The first-order valence-corrected chi connectivity index (χ1v) is 7.86. The number of benzene rings is 1. The number of hydrogen-bond donors (Lipinski definition) is 2. The molecule has 21 heavy (non-hydrogen) atoms. The second kappa shape index (κ2) is 6.32. The van der Waals surface area contributed by atoms with Crippen LogP contribution in [0.1, 0.15) is 19.3 Å². The van der Waals surface area contributed by atoms with Crippen molar-refractivity contribution in [3.05, 3.63) is 35.5 Å². The third-order valence-electron chi connectivity index (χ3n) is 3.48. The molecule has 1 atom stereocenters. The SMILES string of the molecule is O=C(Nc1nc(-c2cccc(F)c2)cs1)C1CCCCN1. The van der Waals surface area contributed by atoms with Gasteiger partial charge in [0.25, 0.3) is 0 Å². The molecule has 1 fully saturated rings.